The Kier molecular flexibility index (Phi) is 13.0. The van der Waals surface area contributed by atoms with Gasteiger partial charge in [0.2, 0.25) is 11.1 Å². The fraction of sp³-hybridized carbons (Fsp3) is 0.235. The van der Waals surface area contributed by atoms with Crippen molar-refractivity contribution in [2.45, 2.75) is 21.8 Å². The van der Waals surface area contributed by atoms with Crippen molar-refractivity contribution in [3.8, 4) is 5.75 Å². The van der Waals surface area contributed by atoms with E-state index in [-0.39, 0.29) is 38.6 Å². The van der Waals surface area contributed by atoms with E-state index in [4.69, 9.17) is 10.1 Å². The highest BCUT2D eigenvalue weighted by atomic mass is 35.5. The number of benzene rings is 2. The molecule has 0 bridgehead atoms. The second-order valence-electron chi connectivity index (χ2n) is 4.26. The summed E-state index contributed by atoms with van der Waals surface area (Å²) in [4.78, 5) is 15.2. The molecule has 2 aromatic rings. The summed E-state index contributed by atoms with van der Waals surface area (Å²) >= 11 is 0. The van der Waals surface area contributed by atoms with E-state index in [0.717, 1.165) is 5.56 Å². The van der Waals surface area contributed by atoms with Crippen LogP contribution in [0.25, 0.3) is 4.98 Å². The number of methoxy groups -OCH3 is 1. The average Bonchev–Trinajstić information content (AvgIpc) is 2.49. The number of aryl methyl sites for hydroxylation is 1. The predicted octanol–water partition coefficient (Wildman–Crippen LogP) is 1.19. The summed E-state index contributed by atoms with van der Waals surface area (Å²) in [5.41, 5.74) is 2.29. The Hall–Kier alpha value is -2.62. The third kappa shape index (κ3) is 5.88. The van der Waals surface area contributed by atoms with Gasteiger partial charge in [0.15, 0.2) is 4.98 Å². The standard InChI is InChI=1S/C15H13N3O2.2CH4.ClH.H2O/c1-10-8-13(18-16)14(20-2)9-12(10)17-15(19)11-6-4-3-5-7-11;;;;/h3-9H,1-2H3;2*1H4;1H;1H2. The Balaban J connectivity index is -0.00000110. The summed E-state index contributed by atoms with van der Waals surface area (Å²) in [5.74, 6) is 0.186. The van der Waals surface area contributed by atoms with Crippen molar-refractivity contribution in [1.82, 2.24) is 0 Å². The van der Waals surface area contributed by atoms with Crippen molar-refractivity contribution in [2.24, 2.45) is 0 Å². The van der Waals surface area contributed by atoms with Crippen molar-refractivity contribution in [3.63, 3.8) is 0 Å². The van der Waals surface area contributed by atoms with Gasteiger partial charge in [-0.3, -0.25) is 4.79 Å². The lowest BCUT2D eigenvalue weighted by molar-refractivity contribution is -0.0000142. The molecule has 0 spiro atoms. The van der Waals surface area contributed by atoms with Crippen molar-refractivity contribution in [1.29, 1.82) is 5.39 Å². The molecule has 0 aromatic heterocycles. The monoisotopic (exact) mass is 353 g/mol. The lowest BCUT2D eigenvalue weighted by Crippen LogP contribution is -3.00. The van der Waals surface area contributed by atoms with Crippen LogP contribution in [0, 0.1) is 12.3 Å². The average molecular weight is 354 g/mol. The van der Waals surface area contributed by atoms with Gasteiger partial charge < -0.3 is 27.9 Å². The highest BCUT2D eigenvalue weighted by Crippen LogP contribution is 2.33. The number of diazo groups is 1. The van der Waals surface area contributed by atoms with Crippen LogP contribution in [-0.2, 0) is 0 Å². The summed E-state index contributed by atoms with van der Waals surface area (Å²) in [6.45, 7) is 1.81. The Bertz CT molecular complexity index is 685. The highest BCUT2D eigenvalue weighted by molar-refractivity contribution is 6.04. The van der Waals surface area contributed by atoms with Crippen LogP contribution < -0.4 is 22.5 Å². The van der Waals surface area contributed by atoms with Crippen LogP contribution in [0.2, 0.25) is 0 Å². The van der Waals surface area contributed by atoms with Gasteiger partial charge in [-0.15, -0.1) is 0 Å². The molecule has 0 saturated carbocycles. The molecule has 0 atom stereocenters. The maximum Gasteiger partial charge on any atom is 0.426 e. The van der Waals surface area contributed by atoms with Crippen molar-refractivity contribution < 1.29 is 27.4 Å². The number of ether oxygens (including phenoxy) is 1. The van der Waals surface area contributed by atoms with Crippen LogP contribution in [0.1, 0.15) is 30.8 Å². The third-order valence-corrected chi connectivity index (χ3v) is 2.92. The van der Waals surface area contributed by atoms with E-state index in [1.807, 2.05) is 13.0 Å². The van der Waals surface area contributed by atoms with E-state index in [1.165, 1.54) is 7.11 Å². The van der Waals surface area contributed by atoms with Gasteiger partial charge in [-0.25, -0.2) is 0 Å². The number of anilines is 1. The molecule has 0 aliphatic heterocycles. The molecular weight excluding hydrogens is 330 g/mol. The van der Waals surface area contributed by atoms with E-state index in [9.17, 15) is 4.79 Å². The largest absolute Gasteiger partial charge is 1.00 e. The smallest absolute Gasteiger partial charge is 0.426 e. The first-order valence-corrected chi connectivity index (χ1v) is 6.06. The summed E-state index contributed by atoms with van der Waals surface area (Å²) in [7, 11) is 1.47. The van der Waals surface area contributed by atoms with Crippen molar-refractivity contribution in [3.05, 3.63) is 58.6 Å². The Morgan fingerprint density at radius 1 is 1.17 bits per heavy atom. The molecule has 0 fully saturated rings. The molecule has 24 heavy (non-hydrogen) atoms. The Morgan fingerprint density at radius 2 is 1.75 bits per heavy atom. The molecule has 6 nitrogen and oxygen atoms in total. The van der Waals surface area contributed by atoms with Gasteiger partial charge in [0.1, 0.15) is 0 Å². The van der Waals surface area contributed by atoms with Crippen molar-refractivity contribution >= 4 is 17.3 Å². The molecule has 2 aromatic carbocycles. The zero-order valence-electron chi connectivity index (χ0n) is 12.1. The maximum atomic E-state index is 12.1. The van der Waals surface area contributed by atoms with E-state index in [1.54, 1.807) is 36.4 Å². The molecule has 0 radical (unpaired) electrons. The maximum absolute atomic E-state index is 12.1. The number of amides is 1. The normalized spacial score (nSPS) is 8.04. The topological polar surface area (TPSA) is 98.0 Å². The lowest BCUT2D eigenvalue weighted by atomic mass is 10.1. The number of rotatable bonds is 3. The van der Waals surface area contributed by atoms with Crippen LogP contribution in [0.5, 0.6) is 5.75 Å². The molecule has 132 valence electrons. The quantitative estimate of drug-likeness (QED) is 0.839. The zero-order valence-corrected chi connectivity index (χ0v) is 12.9. The minimum Gasteiger partial charge on any atom is -1.00 e. The first kappa shape index (κ1) is 26.3. The van der Waals surface area contributed by atoms with Gasteiger partial charge in [0, 0.05) is 23.4 Å². The van der Waals surface area contributed by atoms with E-state index in [2.05, 4.69) is 10.3 Å². The van der Waals surface area contributed by atoms with E-state index in [0.29, 0.717) is 22.7 Å². The predicted molar refractivity (Wildman–Crippen MR) is 93.9 cm³/mol. The molecule has 0 aliphatic rings. The minimum atomic E-state index is -0.204. The number of hydrogen-bond donors (Lipinski definition) is 1. The lowest BCUT2D eigenvalue weighted by Gasteiger charge is -2.09. The second kappa shape index (κ2) is 11.9. The number of nitrogens with one attached hydrogen (secondary N) is 1. The highest BCUT2D eigenvalue weighted by Gasteiger charge is 2.18. The van der Waals surface area contributed by atoms with Crippen molar-refractivity contribution in [2.75, 3.05) is 12.4 Å². The number of carbonyl (C=O) groups excluding carboxylic acids is 1. The summed E-state index contributed by atoms with van der Waals surface area (Å²) in [6, 6.07) is 12.2. The summed E-state index contributed by atoms with van der Waals surface area (Å²) in [5, 5.41) is 11.7. The van der Waals surface area contributed by atoms with Gasteiger partial charge in [0.25, 0.3) is 5.91 Å². The second-order valence-corrected chi connectivity index (χ2v) is 4.26. The molecule has 0 unspecified atom stereocenters. The third-order valence-electron chi connectivity index (χ3n) is 2.92. The number of halogens is 1. The van der Waals surface area contributed by atoms with Crippen LogP contribution >= 0.6 is 0 Å². The molecule has 7 heteroatoms. The molecule has 1 amide bonds. The van der Waals surface area contributed by atoms with E-state index >= 15 is 0 Å². The molecular formula is C17H24ClN3O3. The number of hydrogen-bond acceptors (Lipinski definition) is 3. The summed E-state index contributed by atoms with van der Waals surface area (Å²) in [6.07, 6.45) is 0. The van der Waals surface area contributed by atoms with Gasteiger partial charge in [-0.1, -0.05) is 33.1 Å². The van der Waals surface area contributed by atoms with Crippen LogP contribution in [0.3, 0.4) is 0 Å². The van der Waals surface area contributed by atoms with E-state index < -0.39 is 0 Å². The Morgan fingerprint density at radius 3 is 2.25 bits per heavy atom. The zero-order chi connectivity index (χ0) is 14.5. The van der Waals surface area contributed by atoms with Crippen LogP contribution in [-0.4, -0.2) is 18.5 Å². The van der Waals surface area contributed by atoms with Gasteiger partial charge in [-0.05, 0) is 24.6 Å². The molecule has 0 aliphatic carbocycles. The summed E-state index contributed by atoms with van der Waals surface area (Å²) < 4.78 is 5.11. The fourth-order valence-corrected chi connectivity index (χ4v) is 1.83. The first-order valence-electron chi connectivity index (χ1n) is 6.06. The molecule has 0 saturated heterocycles. The van der Waals surface area contributed by atoms with Crippen LogP contribution in [0.15, 0.2) is 42.5 Å². The van der Waals surface area contributed by atoms with Gasteiger partial charge in [-0.2, -0.15) is 0 Å². The van der Waals surface area contributed by atoms with Gasteiger partial charge in [0.05, 0.1) is 7.11 Å². The molecule has 3 N–H and O–H groups in total. The van der Waals surface area contributed by atoms with Crippen LogP contribution in [0.4, 0.5) is 11.4 Å². The SMILES string of the molecule is C.C.COc1cc(NC(=O)c2ccccc2)c(C)cc1[N+]#N.O.[Cl-]. The Labute approximate surface area is 149 Å². The number of carbonyl (C=O) groups is 1. The van der Waals surface area contributed by atoms with Gasteiger partial charge >= 0.3 is 5.69 Å². The minimum absolute atomic E-state index is 0. The molecule has 0 heterocycles. The number of nitrogens with zero attached hydrogens (tertiary/aromatic N) is 2. The fourth-order valence-electron chi connectivity index (χ4n) is 1.83. The molecule has 2 rings (SSSR count). The first-order chi connectivity index (χ1) is 9.65.